The Bertz CT molecular complexity index is 1150. The Morgan fingerprint density at radius 2 is 1.52 bits per heavy atom. The largest absolute Gasteiger partial charge is 0.481 e. The van der Waals surface area contributed by atoms with E-state index in [1.807, 2.05) is 0 Å². The lowest BCUT2D eigenvalue weighted by Crippen LogP contribution is -2.25. The van der Waals surface area contributed by atoms with Crippen LogP contribution in [0.25, 0.3) is 0 Å². The first-order chi connectivity index (χ1) is 14.6. The number of ether oxygens (including phenoxy) is 1. The molecular formula is C21H20N2O7S. The maximum Gasteiger partial charge on any atom is 0.300 e. The zero-order valence-corrected chi connectivity index (χ0v) is 17.5. The van der Waals surface area contributed by atoms with Crippen LogP contribution < -0.4 is 9.04 Å². The van der Waals surface area contributed by atoms with Crippen LogP contribution in [0.4, 0.5) is 17.1 Å². The Morgan fingerprint density at radius 1 is 1.00 bits per heavy atom. The van der Waals surface area contributed by atoms with Gasteiger partial charge in [-0.3, -0.25) is 14.9 Å². The molecule has 0 amide bonds. The summed E-state index contributed by atoms with van der Waals surface area (Å²) in [5.74, 6) is -0.342. The van der Waals surface area contributed by atoms with Crippen molar-refractivity contribution in [1.82, 2.24) is 0 Å². The molecule has 10 heteroatoms. The Hall–Kier alpha value is -3.92. The summed E-state index contributed by atoms with van der Waals surface area (Å²) in [6.07, 6.45) is 1.06. The number of carbonyl (C=O) groups is 1. The molecule has 0 spiro atoms. The van der Waals surface area contributed by atoms with Crippen LogP contribution in [0, 0.1) is 10.1 Å². The lowest BCUT2D eigenvalue weighted by Gasteiger charge is -2.24. The van der Waals surface area contributed by atoms with E-state index in [-0.39, 0.29) is 17.1 Å². The van der Waals surface area contributed by atoms with E-state index in [2.05, 4.69) is 0 Å². The minimum Gasteiger partial charge on any atom is -0.481 e. The van der Waals surface area contributed by atoms with E-state index in [0.717, 1.165) is 17.5 Å². The van der Waals surface area contributed by atoms with E-state index in [0.29, 0.717) is 11.4 Å². The molecule has 0 radical (unpaired) electrons. The summed E-state index contributed by atoms with van der Waals surface area (Å²) in [7, 11) is -3.74. The molecule has 31 heavy (non-hydrogen) atoms. The molecule has 9 nitrogen and oxygen atoms in total. The van der Waals surface area contributed by atoms with Gasteiger partial charge in [0.2, 0.25) is 10.0 Å². The van der Waals surface area contributed by atoms with Crippen molar-refractivity contribution in [2.45, 2.75) is 6.92 Å². The van der Waals surface area contributed by atoms with E-state index in [9.17, 15) is 18.5 Å². The highest BCUT2D eigenvalue weighted by atomic mass is 32.2. The first-order valence-corrected chi connectivity index (χ1v) is 10.7. The van der Waals surface area contributed by atoms with Crippen LogP contribution in [0.2, 0.25) is 0 Å². The highest BCUT2D eigenvalue weighted by Crippen LogP contribution is 2.40. The maximum atomic E-state index is 12.5. The third-order valence-electron chi connectivity index (χ3n) is 3.67. The summed E-state index contributed by atoms with van der Waals surface area (Å²) in [4.78, 5) is 19.6. The summed E-state index contributed by atoms with van der Waals surface area (Å²) in [5, 5.41) is 18.6. The van der Waals surface area contributed by atoms with E-state index >= 15 is 0 Å². The van der Waals surface area contributed by atoms with Gasteiger partial charge in [0.15, 0.2) is 5.75 Å². The zero-order valence-electron chi connectivity index (χ0n) is 16.7. The number of carboxylic acids is 1. The number of para-hydroxylation sites is 2. The topological polar surface area (TPSA) is 127 Å². The van der Waals surface area contributed by atoms with Gasteiger partial charge >= 0.3 is 0 Å². The summed E-state index contributed by atoms with van der Waals surface area (Å²) in [5.41, 5.74) is 0.371. The summed E-state index contributed by atoms with van der Waals surface area (Å²) in [6.45, 7) is 1.08. The fourth-order valence-electron chi connectivity index (χ4n) is 2.55. The van der Waals surface area contributed by atoms with Crippen LogP contribution in [-0.4, -0.2) is 30.7 Å². The van der Waals surface area contributed by atoms with E-state index in [4.69, 9.17) is 14.6 Å². The van der Waals surface area contributed by atoms with Gasteiger partial charge in [-0.25, -0.2) is 12.7 Å². The van der Waals surface area contributed by atoms with Crippen molar-refractivity contribution >= 4 is 33.1 Å². The number of nitro groups is 1. The number of anilines is 2. The highest BCUT2D eigenvalue weighted by molar-refractivity contribution is 7.92. The van der Waals surface area contributed by atoms with Crippen molar-refractivity contribution in [2.24, 2.45) is 0 Å². The summed E-state index contributed by atoms with van der Waals surface area (Å²) < 4.78 is 31.9. The minimum absolute atomic E-state index is 0.0599. The molecule has 0 bridgehead atoms. The zero-order chi connectivity index (χ0) is 23.0. The van der Waals surface area contributed by atoms with Gasteiger partial charge in [0.25, 0.3) is 11.7 Å². The molecule has 0 atom stereocenters. The minimum atomic E-state index is -3.74. The number of nitrogens with zero attached hydrogens (tertiary/aromatic N) is 2. The molecule has 0 saturated carbocycles. The van der Waals surface area contributed by atoms with Crippen LogP contribution in [0.3, 0.4) is 0 Å². The number of rotatable bonds is 6. The van der Waals surface area contributed by atoms with Gasteiger partial charge in [0.1, 0.15) is 11.4 Å². The smallest absolute Gasteiger partial charge is 0.300 e. The Labute approximate surface area is 179 Å². The van der Waals surface area contributed by atoms with Gasteiger partial charge in [-0.2, -0.15) is 0 Å². The van der Waals surface area contributed by atoms with Crippen molar-refractivity contribution in [3.63, 3.8) is 0 Å². The Morgan fingerprint density at radius 3 is 2.00 bits per heavy atom. The van der Waals surface area contributed by atoms with Gasteiger partial charge in [0.05, 0.1) is 22.9 Å². The first-order valence-electron chi connectivity index (χ1n) is 8.86. The maximum absolute atomic E-state index is 12.5. The van der Waals surface area contributed by atoms with Crippen LogP contribution >= 0.6 is 0 Å². The van der Waals surface area contributed by atoms with Crippen LogP contribution in [0.15, 0.2) is 78.9 Å². The molecule has 1 N–H and O–H groups in total. The highest BCUT2D eigenvalue weighted by Gasteiger charge is 2.25. The number of hydrogen-bond donors (Lipinski definition) is 1. The van der Waals surface area contributed by atoms with Gasteiger partial charge in [-0.15, -0.1) is 0 Å². The monoisotopic (exact) mass is 444 g/mol. The predicted molar refractivity (Wildman–Crippen MR) is 116 cm³/mol. The molecule has 0 fully saturated rings. The van der Waals surface area contributed by atoms with Crippen molar-refractivity contribution in [2.75, 3.05) is 10.6 Å². The van der Waals surface area contributed by atoms with Crippen molar-refractivity contribution in [3.8, 4) is 11.5 Å². The Kier molecular flexibility index (Phi) is 7.70. The number of hydrogen-bond acceptors (Lipinski definition) is 6. The van der Waals surface area contributed by atoms with Crippen LogP contribution in [0.5, 0.6) is 11.5 Å². The molecule has 0 aliphatic heterocycles. The van der Waals surface area contributed by atoms with Crippen molar-refractivity contribution in [3.05, 3.63) is 89.0 Å². The SMILES string of the molecule is CC(=O)O.CS(=O)(=O)N(c1ccccc1)c1ccc([N+](=O)[O-])cc1Oc1ccccc1. The second-order valence-electron chi connectivity index (χ2n) is 6.21. The number of aliphatic carboxylic acids is 1. The third kappa shape index (κ3) is 6.82. The molecular weight excluding hydrogens is 424 g/mol. The predicted octanol–water partition coefficient (Wildman–Crippen LogP) is 4.58. The van der Waals surface area contributed by atoms with E-state index < -0.39 is 20.9 Å². The second-order valence-corrected chi connectivity index (χ2v) is 8.04. The van der Waals surface area contributed by atoms with Gasteiger partial charge in [0, 0.05) is 13.0 Å². The van der Waals surface area contributed by atoms with Crippen LogP contribution in [-0.2, 0) is 14.8 Å². The molecule has 0 unspecified atom stereocenters. The van der Waals surface area contributed by atoms with Crippen molar-refractivity contribution in [1.29, 1.82) is 0 Å². The molecule has 3 aromatic carbocycles. The third-order valence-corrected chi connectivity index (χ3v) is 4.74. The fraction of sp³-hybridized carbons (Fsp3) is 0.0952. The molecule has 0 heterocycles. The van der Waals surface area contributed by atoms with Gasteiger partial charge in [-0.1, -0.05) is 36.4 Å². The van der Waals surface area contributed by atoms with Crippen molar-refractivity contribution < 1.29 is 28.0 Å². The molecule has 0 aliphatic carbocycles. The van der Waals surface area contributed by atoms with Crippen LogP contribution in [0.1, 0.15) is 6.92 Å². The average molecular weight is 444 g/mol. The average Bonchev–Trinajstić information content (AvgIpc) is 2.69. The number of carboxylic acid groups (broad SMARTS) is 1. The number of non-ortho nitro benzene ring substituents is 1. The number of sulfonamides is 1. The number of benzene rings is 3. The number of nitro benzene ring substituents is 1. The normalized spacial score (nSPS) is 10.4. The lowest BCUT2D eigenvalue weighted by atomic mass is 10.2. The lowest BCUT2D eigenvalue weighted by molar-refractivity contribution is -0.384. The molecule has 0 aromatic heterocycles. The molecule has 3 rings (SSSR count). The fourth-order valence-corrected chi connectivity index (χ4v) is 3.57. The molecule has 162 valence electrons. The molecule has 0 aliphatic rings. The quantitative estimate of drug-likeness (QED) is 0.435. The van der Waals surface area contributed by atoms with E-state index in [1.165, 1.54) is 18.2 Å². The molecule has 3 aromatic rings. The van der Waals surface area contributed by atoms with Gasteiger partial charge in [-0.05, 0) is 30.3 Å². The van der Waals surface area contributed by atoms with Gasteiger partial charge < -0.3 is 9.84 Å². The first kappa shape index (κ1) is 23.4. The summed E-state index contributed by atoms with van der Waals surface area (Å²) in [6, 6.07) is 20.9. The second kappa shape index (κ2) is 10.2. The Balaban J connectivity index is 0.000000785. The van der Waals surface area contributed by atoms with E-state index in [1.54, 1.807) is 60.7 Å². The summed E-state index contributed by atoms with van der Waals surface area (Å²) >= 11 is 0. The standard InChI is InChI=1S/C19H16N2O5S.C2H4O2/c1-27(24,25)20(15-8-4-2-5-9-15)18-13-12-16(21(22)23)14-19(18)26-17-10-6-3-7-11-17;1-2(3)4/h2-14H,1H3;1H3,(H,3,4). The molecule has 0 saturated heterocycles.